The SMILES string of the molecule is CCCCCCCCc1ccc2n[c]oc2c1. The lowest BCUT2D eigenvalue weighted by Crippen LogP contribution is -1.86. The van der Waals surface area contributed by atoms with E-state index in [0.29, 0.717) is 0 Å². The first kappa shape index (κ1) is 12.2. The molecule has 0 saturated heterocycles. The minimum atomic E-state index is 0.855. The first-order chi connectivity index (χ1) is 8.40. The number of nitrogens with zero attached hydrogens (tertiary/aromatic N) is 1. The molecule has 2 aromatic rings. The van der Waals surface area contributed by atoms with E-state index in [9.17, 15) is 0 Å². The summed E-state index contributed by atoms with van der Waals surface area (Å²) >= 11 is 0. The molecule has 0 bridgehead atoms. The summed E-state index contributed by atoms with van der Waals surface area (Å²) in [6, 6.07) is 6.25. The van der Waals surface area contributed by atoms with Crippen molar-refractivity contribution in [2.75, 3.05) is 0 Å². The number of hydrogen-bond donors (Lipinski definition) is 0. The lowest BCUT2D eigenvalue weighted by atomic mass is 10.0. The van der Waals surface area contributed by atoms with Gasteiger partial charge in [0.2, 0.25) is 0 Å². The molecule has 0 fully saturated rings. The Morgan fingerprint density at radius 3 is 2.82 bits per heavy atom. The van der Waals surface area contributed by atoms with Gasteiger partial charge in [-0.2, -0.15) is 0 Å². The molecule has 2 nitrogen and oxygen atoms in total. The zero-order valence-electron chi connectivity index (χ0n) is 10.5. The van der Waals surface area contributed by atoms with Crippen molar-refractivity contribution in [1.82, 2.24) is 4.98 Å². The molecule has 17 heavy (non-hydrogen) atoms. The highest BCUT2D eigenvalue weighted by atomic mass is 16.3. The molecule has 0 atom stereocenters. The molecule has 0 saturated carbocycles. The van der Waals surface area contributed by atoms with Gasteiger partial charge in [0.25, 0.3) is 6.39 Å². The summed E-state index contributed by atoms with van der Waals surface area (Å²) in [5.41, 5.74) is 3.10. The van der Waals surface area contributed by atoms with Gasteiger partial charge < -0.3 is 4.42 Å². The van der Waals surface area contributed by atoms with Crippen molar-refractivity contribution in [1.29, 1.82) is 0 Å². The molecule has 0 aliphatic carbocycles. The van der Waals surface area contributed by atoms with Gasteiger partial charge in [0, 0.05) is 0 Å². The van der Waals surface area contributed by atoms with E-state index in [1.165, 1.54) is 44.1 Å². The third-order valence-electron chi connectivity index (χ3n) is 3.16. The van der Waals surface area contributed by atoms with Crippen molar-refractivity contribution in [3.05, 3.63) is 30.2 Å². The molecule has 1 heterocycles. The lowest BCUT2D eigenvalue weighted by Gasteiger charge is -2.01. The van der Waals surface area contributed by atoms with E-state index < -0.39 is 0 Å². The predicted octanol–water partition coefficient (Wildman–Crippen LogP) is 4.53. The van der Waals surface area contributed by atoms with Gasteiger partial charge in [-0.15, -0.1) is 0 Å². The maximum atomic E-state index is 5.18. The topological polar surface area (TPSA) is 26.0 Å². The molecule has 2 heteroatoms. The van der Waals surface area contributed by atoms with Gasteiger partial charge in [-0.3, -0.25) is 0 Å². The second kappa shape index (κ2) is 6.43. The summed E-state index contributed by atoms with van der Waals surface area (Å²) in [6.45, 7) is 2.25. The molecule has 2 rings (SSSR count). The summed E-state index contributed by atoms with van der Waals surface area (Å²) in [6.07, 6.45) is 11.7. The first-order valence-electron chi connectivity index (χ1n) is 6.65. The molecule has 0 N–H and O–H groups in total. The van der Waals surface area contributed by atoms with Crippen LogP contribution in [-0.4, -0.2) is 4.98 Å². The Labute approximate surface area is 103 Å². The molecule has 1 radical (unpaired) electrons. The minimum absolute atomic E-state index is 0.855. The fourth-order valence-corrected chi connectivity index (χ4v) is 2.12. The van der Waals surface area contributed by atoms with Crippen molar-refractivity contribution in [3.8, 4) is 0 Å². The number of fused-ring (bicyclic) bond motifs is 1. The van der Waals surface area contributed by atoms with Crippen LogP contribution in [0.2, 0.25) is 0 Å². The van der Waals surface area contributed by atoms with Gasteiger partial charge in [0.15, 0.2) is 5.58 Å². The second-order valence-electron chi connectivity index (χ2n) is 4.62. The molecule has 0 aliphatic rings. The second-order valence-corrected chi connectivity index (χ2v) is 4.62. The average Bonchev–Trinajstić information content (AvgIpc) is 2.81. The van der Waals surface area contributed by atoms with Crippen molar-refractivity contribution in [3.63, 3.8) is 0 Å². The predicted molar refractivity (Wildman–Crippen MR) is 69.9 cm³/mol. The van der Waals surface area contributed by atoms with Gasteiger partial charge in [-0.25, -0.2) is 4.98 Å². The molecule has 0 amide bonds. The van der Waals surface area contributed by atoms with Crippen LogP contribution in [0, 0.1) is 6.39 Å². The number of hydrogen-bond acceptors (Lipinski definition) is 2. The summed E-state index contributed by atoms with van der Waals surface area (Å²) in [5.74, 6) is 0. The molecule has 0 spiro atoms. The number of rotatable bonds is 7. The third-order valence-corrected chi connectivity index (χ3v) is 3.16. The molecule has 1 aromatic carbocycles. The number of unbranched alkanes of at least 4 members (excludes halogenated alkanes) is 5. The van der Waals surface area contributed by atoms with Crippen molar-refractivity contribution >= 4 is 11.1 Å². The monoisotopic (exact) mass is 230 g/mol. The Morgan fingerprint density at radius 2 is 1.94 bits per heavy atom. The largest absolute Gasteiger partial charge is 0.432 e. The van der Waals surface area contributed by atoms with E-state index in [4.69, 9.17) is 4.42 Å². The minimum Gasteiger partial charge on any atom is -0.432 e. The Bertz CT molecular complexity index is 447. The van der Waals surface area contributed by atoms with Gasteiger partial charge in [0.1, 0.15) is 5.52 Å². The number of aromatic nitrogens is 1. The zero-order valence-corrected chi connectivity index (χ0v) is 10.5. The van der Waals surface area contributed by atoms with Crippen LogP contribution in [0.5, 0.6) is 0 Å². The van der Waals surface area contributed by atoms with Gasteiger partial charge >= 0.3 is 0 Å². The molecular weight excluding hydrogens is 210 g/mol. The average molecular weight is 230 g/mol. The smallest absolute Gasteiger partial charge is 0.284 e. The van der Waals surface area contributed by atoms with Crippen LogP contribution >= 0.6 is 0 Å². The van der Waals surface area contributed by atoms with Crippen molar-refractivity contribution in [2.45, 2.75) is 51.9 Å². The number of oxazole rings is 1. The number of benzene rings is 1. The van der Waals surface area contributed by atoms with Gasteiger partial charge in [-0.1, -0.05) is 45.1 Å². The Balaban J connectivity index is 1.75. The van der Waals surface area contributed by atoms with Crippen LogP contribution in [0.3, 0.4) is 0 Å². The van der Waals surface area contributed by atoms with Crippen LogP contribution in [0.25, 0.3) is 11.1 Å². The van der Waals surface area contributed by atoms with E-state index in [-0.39, 0.29) is 0 Å². The summed E-state index contributed by atoms with van der Waals surface area (Å²) in [4.78, 5) is 4.00. The Morgan fingerprint density at radius 1 is 1.12 bits per heavy atom. The Kier molecular flexibility index (Phi) is 4.60. The zero-order chi connectivity index (χ0) is 11.9. The normalized spacial score (nSPS) is 11.1. The maximum Gasteiger partial charge on any atom is 0.284 e. The number of aryl methyl sites for hydroxylation is 1. The lowest BCUT2D eigenvalue weighted by molar-refractivity contribution is 0.589. The maximum absolute atomic E-state index is 5.18. The van der Waals surface area contributed by atoms with Crippen molar-refractivity contribution < 1.29 is 4.42 Å². The highest BCUT2D eigenvalue weighted by Crippen LogP contribution is 2.16. The highest BCUT2D eigenvalue weighted by molar-refractivity contribution is 5.72. The van der Waals surface area contributed by atoms with E-state index in [2.05, 4.69) is 30.4 Å². The van der Waals surface area contributed by atoms with E-state index >= 15 is 0 Å². The molecular formula is C15H20NO. The van der Waals surface area contributed by atoms with Crippen LogP contribution in [0.1, 0.15) is 51.0 Å². The van der Waals surface area contributed by atoms with Crippen molar-refractivity contribution in [2.24, 2.45) is 0 Å². The van der Waals surface area contributed by atoms with E-state index in [1.807, 2.05) is 6.07 Å². The summed E-state index contributed by atoms with van der Waals surface area (Å²) < 4.78 is 5.18. The quantitative estimate of drug-likeness (QED) is 0.653. The van der Waals surface area contributed by atoms with Crippen LogP contribution in [-0.2, 0) is 6.42 Å². The third kappa shape index (κ3) is 3.58. The van der Waals surface area contributed by atoms with Crippen LogP contribution < -0.4 is 0 Å². The fraction of sp³-hybridized carbons (Fsp3) is 0.533. The first-order valence-corrected chi connectivity index (χ1v) is 6.65. The van der Waals surface area contributed by atoms with Crippen LogP contribution in [0.15, 0.2) is 22.6 Å². The highest BCUT2D eigenvalue weighted by Gasteiger charge is 2.00. The van der Waals surface area contributed by atoms with Crippen LogP contribution in [0.4, 0.5) is 0 Å². The van der Waals surface area contributed by atoms with E-state index in [0.717, 1.165) is 17.5 Å². The summed E-state index contributed by atoms with van der Waals surface area (Å²) in [5, 5.41) is 0. The van der Waals surface area contributed by atoms with Gasteiger partial charge in [0.05, 0.1) is 0 Å². The van der Waals surface area contributed by atoms with E-state index in [1.54, 1.807) is 0 Å². The standard InChI is InChI=1S/C15H20NO/c1-2-3-4-5-6-7-8-13-9-10-14-15(11-13)17-12-16-14/h9-11H,2-8H2,1H3. The summed E-state index contributed by atoms with van der Waals surface area (Å²) in [7, 11) is 0. The molecule has 91 valence electrons. The Hall–Kier alpha value is -1.31. The molecule has 0 aliphatic heterocycles. The molecule has 1 aromatic heterocycles. The fourth-order valence-electron chi connectivity index (χ4n) is 2.12. The van der Waals surface area contributed by atoms with Gasteiger partial charge in [-0.05, 0) is 30.5 Å². The molecule has 0 unspecified atom stereocenters.